The van der Waals surface area contributed by atoms with E-state index in [1.165, 1.54) is 30.4 Å². The molecule has 0 saturated carbocycles. The van der Waals surface area contributed by atoms with Crippen molar-refractivity contribution in [1.29, 1.82) is 0 Å². The summed E-state index contributed by atoms with van der Waals surface area (Å²) in [6.07, 6.45) is 12.7. The third kappa shape index (κ3) is 13.5. The highest BCUT2D eigenvalue weighted by Gasteiger charge is 2.18. The van der Waals surface area contributed by atoms with E-state index in [9.17, 15) is 13.8 Å². The van der Waals surface area contributed by atoms with Crippen molar-refractivity contribution in [2.24, 2.45) is 0 Å². The summed E-state index contributed by atoms with van der Waals surface area (Å²) >= 11 is 14.1. The van der Waals surface area contributed by atoms with Gasteiger partial charge in [0.05, 0.1) is 45.3 Å². The molecule has 0 aliphatic rings. The van der Waals surface area contributed by atoms with E-state index in [0.717, 1.165) is 22.5 Å². The van der Waals surface area contributed by atoms with Crippen molar-refractivity contribution in [3.63, 3.8) is 0 Å². The molecule has 1 atom stereocenters. The zero-order valence-electron chi connectivity index (χ0n) is 34.2. The molecule has 6 aromatic rings. The molecule has 61 heavy (non-hydrogen) atoms. The molecule has 0 spiro atoms. The predicted octanol–water partition coefficient (Wildman–Crippen LogP) is 5.52. The van der Waals surface area contributed by atoms with Gasteiger partial charge in [0.15, 0.2) is 5.16 Å². The molecular weight excluding hydrogens is 860 g/mol. The zero-order chi connectivity index (χ0) is 43.9. The molecule has 17 nitrogen and oxygen atoms in total. The van der Waals surface area contributed by atoms with Crippen LogP contribution >= 0.6 is 35.0 Å². The Kier molecular flexibility index (Phi) is 17.0. The molecule has 0 saturated heterocycles. The Hall–Kier alpha value is -6.02. The fourth-order valence-corrected chi connectivity index (χ4v) is 6.85. The van der Waals surface area contributed by atoms with Crippen LogP contribution < -0.4 is 31.1 Å². The quantitative estimate of drug-likeness (QED) is 0.0697. The van der Waals surface area contributed by atoms with E-state index in [0.29, 0.717) is 51.3 Å². The van der Waals surface area contributed by atoms with Gasteiger partial charge in [-0.25, -0.2) is 39.9 Å². The Labute approximate surface area is 370 Å². The van der Waals surface area contributed by atoms with Crippen molar-refractivity contribution >= 4 is 80.6 Å². The van der Waals surface area contributed by atoms with E-state index >= 15 is 0 Å². The van der Waals surface area contributed by atoms with Crippen LogP contribution in [0.25, 0.3) is 0 Å². The van der Waals surface area contributed by atoms with E-state index in [1.807, 2.05) is 80.6 Å². The molecule has 4 heterocycles. The lowest BCUT2D eigenvalue weighted by Crippen LogP contribution is -2.26. The molecule has 1 unspecified atom stereocenters. The van der Waals surface area contributed by atoms with Gasteiger partial charge in [-0.1, -0.05) is 47.1 Å². The van der Waals surface area contributed by atoms with Gasteiger partial charge in [-0.05, 0) is 53.8 Å². The summed E-state index contributed by atoms with van der Waals surface area (Å²) in [7, 11) is 6.31. The van der Waals surface area contributed by atoms with Crippen molar-refractivity contribution in [3.8, 4) is 0 Å². The van der Waals surface area contributed by atoms with Gasteiger partial charge in [0.1, 0.15) is 34.4 Å². The van der Waals surface area contributed by atoms with Crippen LogP contribution in [0.3, 0.4) is 0 Å². The zero-order valence-corrected chi connectivity index (χ0v) is 37.3. The number of amides is 2. The third-order valence-corrected chi connectivity index (χ3v) is 10.3. The number of benzene rings is 2. The lowest BCUT2D eigenvalue weighted by molar-refractivity contribution is 0.0941. The second-order valence-electron chi connectivity index (χ2n) is 13.3. The minimum atomic E-state index is -1.39. The summed E-state index contributed by atoms with van der Waals surface area (Å²) in [5, 5.41) is 13.9. The lowest BCUT2D eigenvalue weighted by Gasteiger charge is -2.16. The number of carbonyl (C=O) groups is 2. The number of aromatic nitrogens is 8. The van der Waals surface area contributed by atoms with Gasteiger partial charge in [0.25, 0.3) is 11.8 Å². The van der Waals surface area contributed by atoms with Crippen molar-refractivity contribution in [3.05, 3.63) is 130 Å². The largest absolute Gasteiger partial charge is 0.376 e. The maximum absolute atomic E-state index is 12.7. The molecule has 2 aromatic carbocycles. The molecule has 4 aromatic heterocycles. The Morgan fingerprint density at radius 2 is 1.10 bits per heavy atom. The van der Waals surface area contributed by atoms with Crippen molar-refractivity contribution in [2.75, 3.05) is 61.1 Å². The minimum Gasteiger partial charge on any atom is -0.376 e. The number of carbonyl (C=O) groups excluding carboxylic acids is 2. The highest BCUT2D eigenvalue weighted by Crippen LogP contribution is 2.27. The third-order valence-electron chi connectivity index (χ3n) is 8.42. The molecule has 21 heteroatoms. The van der Waals surface area contributed by atoms with Crippen LogP contribution in [-0.4, -0.2) is 96.6 Å². The monoisotopic (exact) mass is 902 g/mol. The van der Waals surface area contributed by atoms with Crippen LogP contribution in [0.1, 0.15) is 43.5 Å². The molecule has 0 aliphatic heterocycles. The first-order valence-electron chi connectivity index (χ1n) is 18.4. The fraction of sp³-hybridized carbons (Fsp3) is 0.250. The summed E-state index contributed by atoms with van der Waals surface area (Å²) in [5.74, 6) is 1.03. The molecule has 0 bridgehead atoms. The number of hydrogen-bond acceptors (Lipinski definition) is 16. The molecule has 4 N–H and O–H groups in total. The van der Waals surface area contributed by atoms with E-state index < -0.39 is 16.7 Å². The van der Waals surface area contributed by atoms with Crippen LogP contribution in [0.5, 0.6) is 0 Å². The maximum Gasteiger partial charge on any atom is 0.256 e. The summed E-state index contributed by atoms with van der Waals surface area (Å²) < 4.78 is 11.8. The molecule has 0 fully saturated rings. The molecule has 0 radical (unpaired) electrons. The topological polar surface area (TPSA) is 209 Å². The van der Waals surface area contributed by atoms with Crippen molar-refractivity contribution in [1.82, 2.24) is 50.5 Å². The second kappa shape index (κ2) is 22.5. The van der Waals surface area contributed by atoms with Gasteiger partial charge in [-0.2, -0.15) is 0 Å². The van der Waals surface area contributed by atoms with Gasteiger partial charge in [0.2, 0.25) is 5.16 Å². The Bertz CT molecular complexity index is 2450. The number of nitrogens with one attached hydrogen (secondary N) is 4. The van der Waals surface area contributed by atoms with Gasteiger partial charge < -0.3 is 31.1 Å². The minimum absolute atomic E-state index is 0.131. The summed E-state index contributed by atoms with van der Waals surface area (Å²) in [6, 6.07) is 14.9. The Balaban J connectivity index is 0.000000231. The van der Waals surface area contributed by atoms with Gasteiger partial charge in [-0.15, -0.1) is 0 Å². The summed E-state index contributed by atoms with van der Waals surface area (Å²) in [6.45, 7) is 1.19. The predicted molar refractivity (Wildman–Crippen MR) is 241 cm³/mol. The van der Waals surface area contributed by atoms with E-state index in [2.05, 4.69) is 61.1 Å². The number of thioether (sulfide) groups is 1. The highest BCUT2D eigenvalue weighted by molar-refractivity contribution is 7.98. The molecule has 0 aliphatic carbocycles. The first-order chi connectivity index (χ1) is 29.3. The molecule has 6 rings (SSSR count). The van der Waals surface area contributed by atoms with Crippen LogP contribution in [-0.2, 0) is 37.0 Å². The normalized spacial score (nSPS) is 11.1. The van der Waals surface area contributed by atoms with E-state index in [1.54, 1.807) is 36.9 Å². The average molecular weight is 904 g/mol. The average Bonchev–Trinajstić information content (AvgIpc) is 3.26. The van der Waals surface area contributed by atoms with Crippen LogP contribution in [0.2, 0.25) is 10.0 Å². The first-order valence-corrected chi connectivity index (χ1v) is 22.0. The van der Waals surface area contributed by atoms with Gasteiger partial charge >= 0.3 is 0 Å². The van der Waals surface area contributed by atoms with E-state index in [4.69, 9.17) is 23.2 Å². The number of anilines is 4. The van der Waals surface area contributed by atoms with Gasteiger partial charge in [-0.3, -0.25) is 13.8 Å². The lowest BCUT2D eigenvalue weighted by atomic mass is 10.2. The van der Waals surface area contributed by atoms with Crippen LogP contribution in [0.4, 0.5) is 23.0 Å². The first kappa shape index (κ1) is 46.1. The summed E-state index contributed by atoms with van der Waals surface area (Å²) in [5.41, 5.74) is 4.28. The molecular formula is C40H44Cl2N14O3S2. The summed E-state index contributed by atoms with van der Waals surface area (Å²) in [4.78, 5) is 62.7. The maximum atomic E-state index is 12.7. The van der Waals surface area contributed by atoms with E-state index in [-0.39, 0.29) is 35.5 Å². The Morgan fingerprint density at radius 1 is 0.656 bits per heavy atom. The van der Waals surface area contributed by atoms with Gasteiger partial charge in [0, 0.05) is 84.7 Å². The number of rotatable bonds is 16. The molecule has 318 valence electrons. The number of nitrogens with zero attached hydrogens (tertiary/aromatic N) is 10. The second-order valence-corrected chi connectivity index (χ2v) is 16.1. The van der Waals surface area contributed by atoms with Crippen LogP contribution in [0, 0.1) is 0 Å². The molecule has 2 amide bonds. The smallest absolute Gasteiger partial charge is 0.256 e. The highest BCUT2D eigenvalue weighted by atomic mass is 35.5. The number of hydrogen-bond donors (Lipinski definition) is 4. The Morgan fingerprint density at radius 3 is 1.51 bits per heavy atom. The number of halogens is 2. The van der Waals surface area contributed by atoms with Crippen molar-refractivity contribution in [2.45, 2.75) is 36.5 Å². The standard InChI is InChI=1S/C20H22ClN7O2S.C20H22ClN7OS/c1-28(2)16-6-5-13(9-15(16)21)10-24-18-14(11-26-20(27-18)31(3)30)19(29)25-12-17-22-7-4-8-23-17;1-28(2)16-6-5-13(9-15(16)21)10-24-18-14(11-26-20(27-18)30-3)19(29)25-12-17-22-7-4-8-23-17/h4-9,11H,10,12H2,1-3H3,(H,25,29)(H,24,26,27);4-9,11H,10,12H2,1-3H3,(H,25,29)(H,24,26,27). The van der Waals surface area contributed by atoms with Crippen LogP contribution in [0.15, 0.2) is 96.0 Å². The van der Waals surface area contributed by atoms with Crippen molar-refractivity contribution < 1.29 is 13.8 Å². The SMILES string of the molecule is CN(C)c1ccc(CNc2nc(S(C)=O)ncc2C(=O)NCc2ncccn2)cc1Cl.CSc1ncc(C(=O)NCc2ncccn2)c(NCc2ccc(N(C)C)c(Cl)c2)n1. The fourth-order valence-electron chi connectivity index (χ4n) is 5.34.